The van der Waals surface area contributed by atoms with Crippen LogP contribution in [-0.2, 0) is 14.3 Å². The number of amides is 1. The number of ether oxygens (including phenoxy) is 1. The number of aliphatic hydroxyl groups is 1. The van der Waals surface area contributed by atoms with Crippen molar-refractivity contribution >= 4 is 17.4 Å². The first kappa shape index (κ1) is 24.9. The largest absolute Gasteiger partial charge is 0.507 e. The van der Waals surface area contributed by atoms with Crippen LogP contribution < -0.4 is 0 Å². The van der Waals surface area contributed by atoms with Gasteiger partial charge in [-0.15, -0.1) is 0 Å². The van der Waals surface area contributed by atoms with Gasteiger partial charge in [-0.25, -0.2) is 9.07 Å². The number of rotatable bonds is 7. The monoisotopic (exact) mass is 504 g/mol. The van der Waals surface area contributed by atoms with Crippen molar-refractivity contribution in [2.24, 2.45) is 0 Å². The molecule has 0 spiro atoms. The number of Topliss-reactive ketones (excluding diaryl/α,β-unsaturated/α-hetero) is 1. The van der Waals surface area contributed by atoms with Crippen LogP contribution in [0.4, 0.5) is 4.39 Å². The average Bonchev–Trinajstić information content (AvgIpc) is 3.42. The summed E-state index contributed by atoms with van der Waals surface area (Å²) in [5.41, 5.74) is 1.74. The molecule has 192 valence electrons. The number of aromatic nitrogens is 2. The third-order valence-electron chi connectivity index (χ3n) is 6.98. The Hall–Kier alpha value is -3.82. The molecule has 2 saturated heterocycles. The van der Waals surface area contributed by atoms with Gasteiger partial charge in [0, 0.05) is 31.7 Å². The Bertz CT molecular complexity index is 1330. The molecule has 0 bridgehead atoms. The van der Waals surface area contributed by atoms with Crippen molar-refractivity contribution in [2.45, 2.75) is 19.4 Å². The Morgan fingerprint density at radius 3 is 2.49 bits per heavy atom. The van der Waals surface area contributed by atoms with Crippen molar-refractivity contribution in [3.63, 3.8) is 0 Å². The third kappa shape index (κ3) is 4.80. The summed E-state index contributed by atoms with van der Waals surface area (Å²) in [6.07, 6.45) is 2.06. The number of hydrogen-bond donors (Lipinski definition) is 1. The second kappa shape index (κ2) is 10.7. The predicted octanol–water partition coefficient (Wildman–Crippen LogP) is 3.46. The van der Waals surface area contributed by atoms with Crippen LogP contribution in [0.5, 0.6) is 0 Å². The van der Waals surface area contributed by atoms with E-state index in [1.165, 1.54) is 17.2 Å². The highest BCUT2D eigenvalue weighted by Crippen LogP contribution is 2.40. The van der Waals surface area contributed by atoms with Crippen molar-refractivity contribution in [3.05, 3.63) is 89.0 Å². The zero-order chi connectivity index (χ0) is 25.9. The summed E-state index contributed by atoms with van der Waals surface area (Å²) in [6.45, 7) is 5.68. The fourth-order valence-electron chi connectivity index (χ4n) is 5.04. The van der Waals surface area contributed by atoms with Crippen molar-refractivity contribution in [1.82, 2.24) is 19.6 Å². The number of nitrogens with zero attached hydrogens (tertiary/aromatic N) is 4. The zero-order valence-corrected chi connectivity index (χ0v) is 20.6. The molecule has 2 fully saturated rings. The molecule has 1 amide bonds. The number of carbonyl (C=O) groups is 2. The summed E-state index contributed by atoms with van der Waals surface area (Å²) < 4.78 is 22.1. The van der Waals surface area contributed by atoms with Gasteiger partial charge in [0.25, 0.3) is 11.7 Å². The number of hydrogen-bond acceptors (Lipinski definition) is 6. The standard InChI is InChI=1S/C28H29FN4O4/c1-19-22(18-30-33(19)20-8-3-2-4-9-20)26(34)24-25(21-10-5-6-11-23(21)29)32(28(36)27(24)35)13-7-12-31-14-16-37-17-15-31/h2-6,8-11,18,25,34H,7,12-17H2,1H3/t25-/m0/s1. The van der Waals surface area contributed by atoms with Crippen LogP contribution in [0.25, 0.3) is 11.4 Å². The first-order chi connectivity index (χ1) is 18.0. The maximum absolute atomic E-state index is 15.0. The second-order valence-corrected chi connectivity index (χ2v) is 9.21. The molecular weight excluding hydrogens is 475 g/mol. The molecule has 9 heteroatoms. The molecule has 2 aliphatic heterocycles. The van der Waals surface area contributed by atoms with Gasteiger partial charge in [0.1, 0.15) is 11.6 Å². The SMILES string of the molecule is Cc1c(C(O)=C2C(=O)C(=O)N(CCCN3CCOCC3)[C@H]2c2ccccc2F)cnn1-c1ccccc1. The van der Waals surface area contributed by atoms with Crippen molar-refractivity contribution in [2.75, 3.05) is 39.4 Å². The number of aliphatic hydroxyl groups excluding tert-OH is 1. The molecule has 3 aromatic rings. The Labute approximate surface area is 214 Å². The van der Waals surface area contributed by atoms with Crippen LogP contribution >= 0.6 is 0 Å². The fourth-order valence-corrected chi connectivity index (χ4v) is 5.04. The highest BCUT2D eigenvalue weighted by atomic mass is 19.1. The first-order valence-electron chi connectivity index (χ1n) is 12.4. The molecule has 37 heavy (non-hydrogen) atoms. The maximum Gasteiger partial charge on any atom is 0.295 e. The minimum atomic E-state index is -1.04. The van der Waals surface area contributed by atoms with E-state index in [0.29, 0.717) is 30.9 Å². The first-order valence-corrected chi connectivity index (χ1v) is 12.4. The number of para-hydroxylation sites is 1. The van der Waals surface area contributed by atoms with Crippen molar-refractivity contribution < 1.29 is 23.8 Å². The quantitative estimate of drug-likeness (QED) is 0.301. The summed E-state index contributed by atoms with van der Waals surface area (Å²) in [4.78, 5) is 30.1. The zero-order valence-electron chi connectivity index (χ0n) is 20.6. The van der Waals surface area contributed by atoms with Gasteiger partial charge >= 0.3 is 0 Å². The third-order valence-corrected chi connectivity index (χ3v) is 6.98. The van der Waals surface area contributed by atoms with E-state index in [1.807, 2.05) is 30.3 Å². The van der Waals surface area contributed by atoms with E-state index in [9.17, 15) is 14.7 Å². The molecule has 0 aliphatic carbocycles. The minimum absolute atomic E-state index is 0.128. The van der Waals surface area contributed by atoms with Crippen molar-refractivity contribution in [1.29, 1.82) is 0 Å². The van der Waals surface area contributed by atoms with Crippen LogP contribution in [0.15, 0.2) is 66.4 Å². The van der Waals surface area contributed by atoms with Crippen LogP contribution in [0.2, 0.25) is 0 Å². The molecule has 0 radical (unpaired) electrons. The van der Waals surface area contributed by atoms with Crippen molar-refractivity contribution in [3.8, 4) is 5.69 Å². The molecule has 8 nitrogen and oxygen atoms in total. The minimum Gasteiger partial charge on any atom is -0.507 e. The maximum atomic E-state index is 15.0. The number of carbonyl (C=O) groups excluding carboxylic acids is 2. The van der Waals surface area contributed by atoms with Gasteiger partial charge in [0.15, 0.2) is 0 Å². The molecule has 3 heterocycles. The van der Waals surface area contributed by atoms with Gasteiger partial charge in [0.05, 0.1) is 48.0 Å². The fraction of sp³-hybridized carbons (Fsp3) is 0.321. The summed E-state index contributed by atoms with van der Waals surface area (Å²) in [7, 11) is 0. The van der Waals surface area contributed by atoms with Gasteiger partial charge in [-0.05, 0) is 31.5 Å². The summed E-state index contributed by atoms with van der Waals surface area (Å²) in [5, 5.41) is 15.8. The van der Waals surface area contributed by atoms with E-state index in [-0.39, 0.29) is 23.4 Å². The molecule has 0 unspecified atom stereocenters. The van der Waals surface area contributed by atoms with E-state index in [2.05, 4.69) is 10.00 Å². The lowest BCUT2D eigenvalue weighted by Gasteiger charge is -2.29. The Kier molecular flexibility index (Phi) is 7.16. The van der Waals surface area contributed by atoms with E-state index < -0.39 is 23.5 Å². The van der Waals surface area contributed by atoms with E-state index in [0.717, 1.165) is 25.3 Å². The van der Waals surface area contributed by atoms with Gasteiger partial charge < -0.3 is 14.7 Å². The summed E-state index contributed by atoms with van der Waals surface area (Å²) >= 11 is 0. The lowest BCUT2D eigenvalue weighted by atomic mass is 9.95. The number of halogens is 1. The second-order valence-electron chi connectivity index (χ2n) is 9.21. The Morgan fingerprint density at radius 1 is 1.05 bits per heavy atom. The lowest BCUT2D eigenvalue weighted by molar-refractivity contribution is -0.140. The molecule has 2 aliphatic rings. The molecule has 1 N–H and O–H groups in total. The van der Waals surface area contributed by atoms with Crippen LogP contribution in [0.3, 0.4) is 0 Å². The molecule has 1 atom stereocenters. The highest BCUT2D eigenvalue weighted by Gasteiger charge is 2.47. The van der Waals surface area contributed by atoms with E-state index >= 15 is 4.39 Å². The van der Waals surface area contributed by atoms with E-state index in [1.54, 1.807) is 29.8 Å². The van der Waals surface area contributed by atoms with Gasteiger partial charge in [0.2, 0.25) is 0 Å². The van der Waals surface area contributed by atoms with Crippen LogP contribution in [-0.4, -0.2) is 75.8 Å². The topological polar surface area (TPSA) is 87.9 Å². The molecular formula is C28H29FN4O4. The number of ketones is 1. The molecule has 5 rings (SSSR count). The van der Waals surface area contributed by atoms with E-state index in [4.69, 9.17) is 4.74 Å². The van der Waals surface area contributed by atoms with Gasteiger partial charge in [-0.1, -0.05) is 36.4 Å². The lowest BCUT2D eigenvalue weighted by Crippen LogP contribution is -2.39. The smallest absolute Gasteiger partial charge is 0.295 e. The van der Waals surface area contributed by atoms with Crippen LogP contribution in [0.1, 0.15) is 29.3 Å². The number of morpholine rings is 1. The molecule has 0 saturated carbocycles. The summed E-state index contributed by atoms with van der Waals surface area (Å²) in [5.74, 6) is -2.48. The Morgan fingerprint density at radius 2 is 1.76 bits per heavy atom. The van der Waals surface area contributed by atoms with Gasteiger partial charge in [-0.3, -0.25) is 14.5 Å². The average molecular weight is 505 g/mol. The van der Waals surface area contributed by atoms with Crippen LogP contribution in [0, 0.1) is 12.7 Å². The highest BCUT2D eigenvalue weighted by molar-refractivity contribution is 6.46. The number of likely N-dealkylation sites (tertiary alicyclic amines) is 1. The normalized spacial score (nSPS) is 20.1. The predicted molar refractivity (Wildman–Crippen MR) is 136 cm³/mol. The summed E-state index contributed by atoms with van der Waals surface area (Å²) in [6, 6.07) is 14.4. The number of benzene rings is 2. The molecule has 1 aromatic heterocycles. The Balaban J connectivity index is 1.52. The van der Waals surface area contributed by atoms with Gasteiger partial charge in [-0.2, -0.15) is 5.10 Å². The molecule has 2 aromatic carbocycles.